The van der Waals surface area contributed by atoms with Crippen LogP contribution in [0.3, 0.4) is 0 Å². The Morgan fingerprint density at radius 3 is 2.39 bits per heavy atom. The van der Waals surface area contributed by atoms with Crippen LogP contribution in [0.15, 0.2) is 53.4 Å². The Hall–Kier alpha value is -2.14. The molecule has 2 N–H and O–H groups in total. The quantitative estimate of drug-likeness (QED) is 0.361. The highest BCUT2D eigenvalue weighted by Gasteiger charge is 2.18. The number of benzene rings is 2. The third-order valence-corrected chi connectivity index (χ3v) is 5.33. The zero-order valence-corrected chi connectivity index (χ0v) is 18.3. The topological polar surface area (TPSA) is 50.4 Å². The summed E-state index contributed by atoms with van der Waals surface area (Å²) in [6.45, 7) is 10.8. The van der Waals surface area contributed by atoms with Crippen LogP contribution in [0.1, 0.15) is 41.0 Å². The number of carbonyl (C=O) groups is 1. The monoisotopic (exact) mass is 400 g/mol. The molecular weight excluding hydrogens is 368 g/mol. The molecule has 0 aromatic heterocycles. The molecular formula is C23H32N2O2S. The fourth-order valence-electron chi connectivity index (χ4n) is 3.03. The van der Waals surface area contributed by atoms with Crippen molar-refractivity contribution in [3.8, 4) is 0 Å². The van der Waals surface area contributed by atoms with Gasteiger partial charge < -0.3 is 15.4 Å². The lowest BCUT2D eigenvalue weighted by atomic mass is 10.1. The molecule has 0 amide bonds. The van der Waals surface area contributed by atoms with Crippen molar-refractivity contribution < 1.29 is 9.53 Å². The molecule has 0 heterocycles. The summed E-state index contributed by atoms with van der Waals surface area (Å²) in [7, 11) is 0. The second kappa shape index (κ2) is 11.0. The highest BCUT2D eigenvalue weighted by atomic mass is 32.2. The highest BCUT2D eigenvalue weighted by Crippen LogP contribution is 2.35. The van der Waals surface area contributed by atoms with Crippen LogP contribution < -0.4 is 10.6 Å². The number of nitrogens with one attached hydrogen (secondary N) is 2. The van der Waals surface area contributed by atoms with Crippen molar-refractivity contribution >= 4 is 34.8 Å². The first kappa shape index (κ1) is 22.2. The number of ether oxygens (including phenoxy) is 1. The molecule has 2 aromatic rings. The SMILES string of the molecule is CCOC(=O)C(C)Sc1cc(Nc2ccccc2)ccc1NC(C)CC(C)C. The minimum Gasteiger partial charge on any atom is -0.465 e. The van der Waals surface area contributed by atoms with Crippen molar-refractivity contribution in [2.24, 2.45) is 5.92 Å². The van der Waals surface area contributed by atoms with Crippen molar-refractivity contribution in [1.82, 2.24) is 0 Å². The van der Waals surface area contributed by atoms with Crippen LogP contribution in [-0.2, 0) is 9.53 Å². The van der Waals surface area contributed by atoms with Gasteiger partial charge in [-0.25, -0.2) is 0 Å². The Kier molecular flexibility index (Phi) is 8.71. The molecule has 0 saturated heterocycles. The summed E-state index contributed by atoms with van der Waals surface area (Å²) in [5.41, 5.74) is 3.07. The highest BCUT2D eigenvalue weighted by molar-refractivity contribution is 8.00. The average Bonchev–Trinajstić information content (AvgIpc) is 2.64. The summed E-state index contributed by atoms with van der Waals surface area (Å²) in [6.07, 6.45) is 1.08. The summed E-state index contributed by atoms with van der Waals surface area (Å²) in [5.74, 6) is 0.436. The third-order valence-electron chi connectivity index (χ3n) is 4.19. The van der Waals surface area contributed by atoms with Gasteiger partial charge in [0.1, 0.15) is 5.25 Å². The Morgan fingerprint density at radius 2 is 1.75 bits per heavy atom. The summed E-state index contributed by atoms with van der Waals surface area (Å²) in [4.78, 5) is 13.2. The third kappa shape index (κ3) is 7.12. The normalized spacial score (nSPS) is 13.1. The van der Waals surface area contributed by atoms with Gasteiger partial charge in [-0.15, -0.1) is 11.8 Å². The summed E-state index contributed by atoms with van der Waals surface area (Å²) in [5, 5.41) is 6.77. The summed E-state index contributed by atoms with van der Waals surface area (Å²) in [6, 6.07) is 16.7. The van der Waals surface area contributed by atoms with E-state index in [0.717, 1.165) is 28.4 Å². The van der Waals surface area contributed by atoms with Gasteiger partial charge in [-0.1, -0.05) is 32.0 Å². The van der Waals surface area contributed by atoms with E-state index < -0.39 is 0 Å². The van der Waals surface area contributed by atoms with Gasteiger partial charge >= 0.3 is 5.97 Å². The molecule has 2 unspecified atom stereocenters. The zero-order valence-electron chi connectivity index (χ0n) is 17.5. The van der Waals surface area contributed by atoms with Crippen LogP contribution >= 0.6 is 11.8 Å². The maximum Gasteiger partial charge on any atom is 0.319 e. The lowest BCUT2D eigenvalue weighted by Gasteiger charge is -2.21. The van der Waals surface area contributed by atoms with Gasteiger partial charge in [0.15, 0.2) is 0 Å². The largest absolute Gasteiger partial charge is 0.465 e. The molecule has 0 fully saturated rings. The van der Waals surface area contributed by atoms with Gasteiger partial charge in [0.2, 0.25) is 0 Å². The smallest absolute Gasteiger partial charge is 0.319 e. The van der Waals surface area contributed by atoms with E-state index in [1.54, 1.807) is 0 Å². The number of para-hydroxylation sites is 1. The van der Waals surface area contributed by atoms with E-state index in [0.29, 0.717) is 18.6 Å². The molecule has 5 heteroatoms. The minimum atomic E-state index is -0.270. The fourth-order valence-corrected chi connectivity index (χ4v) is 4.03. The molecule has 2 atom stereocenters. The van der Waals surface area contributed by atoms with E-state index in [1.807, 2.05) is 44.2 Å². The van der Waals surface area contributed by atoms with Gasteiger partial charge in [0.05, 0.1) is 6.61 Å². The summed E-state index contributed by atoms with van der Waals surface area (Å²) < 4.78 is 5.18. The van der Waals surface area contributed by atoms with Crippen LogP contribution in [0.4, 0.5) is 17.1 Å². The average molecular weight is 401 g/mol. The number of hydrogen-bond donors (Lipinski definition) is 2. The first-order valence-corrected chi connectivity index (χ1v) is 10.8. The van der Waals surface area contributed by atoms with E-state index in [-0.39, 0.29) is 11.2 Å². The first-order valence-electron chi connectivity index (χ1n) is 9.95. The van der Waals surface area contributed by atoms with E-state index in [9.17, 15) is 4.79 Å². The number of hydrogen-bond acceptors (Lipinski definition) is 5. The molecule has 0 bridgehead atoms. The zero-order chi connectivity index (χ0) is 20.5. The maximum atomic E-state index is 12.1. The standard InChI is InChI=1S/C23H32N2O2S/c1-6-27-23(26)18(5)28-22-15-20(25-19-10-8-7-9-11-19)12-13-21(22)24-17(4)14-16(2)3/h7-13,15-18,24-25H,6,14H2,1-5H3. The Balaban J connectivity index is 2.23. The number of esters is 1. The molecule has 0 aliphatic rings. The van der Waals surface area contributed by atoms with E-state index in [1.165, 1.54) is 11.8 Å². The number of thioether (sulfide) groups is 1. The van der Waals surface area contributed by atoms with Crippen molar-refractivity contribution in [2.75, 3.05) is 17.2 Å². The molecule has 0 aliphatic carbocycles. The van der Waals surface area contributed by atoms with Gasteiger partial charge in [-0.2, -0.15) is 0 Å². The molecule has 2 aromatic carbocycles. The second-order valence-electron chi connectivity index (χ2n) is 7.39. The molecule has 0 saturated carbocycles. The molecule has 0 spiro atoms. The molecule has 0 aliphatic heterocycles. The Labute approximate surface area is 173 Å². The van der Waals surface area contributed by atoms with Crippen molar-refractivity contribution in [3.05, 3.63) is 48.5 Å². The van der Waals surface area contributed by atoms with Crippen LogP contribution in [-0.4, -0.2) is 23.9 Å². The van der Waals surface area contributed by atoms with Crippen LogP contribution in [0, 0.1) is 5.92 Å². The Morgan fingerprint density at radius 1 is 1.04 bits per heavy atom. The van der Waals surface area contributed by atoms with Crippen molar-refractivity contribution in [1.29, 1.82) is 0 Å². The molecule has 0 radical (unpaired) electrons. The molecule has 2 rings (SSSR count). The lowest BCUT2D eigenvalue weighted by molar-refractivity contribution is -0.142. The van der Waals surface area contributed by atoms with Gasteiger partial charge in [0.25, 0.3) is 0 Å². The minimum absolute atomic E-state index is 0.185. The maximum absolute atomic E-state index is 12.1. The van der Waals surface area contributed by atoms with Crippen LogP contribution in [0.2, 0.25) is 0 Å². The number of rotatable bonds is 10. The van der Waals surface area contributed by atoms with Crippen molar-refractivity contribution in [3.63, 3.8) is 0 Å². The predicted molar refractivity (Wildman–Crippen MR) is 121 cm³/mol. The van der Waals surface area contributed by atoms with Crippen LogP contribution in [0.5, 0.6) is 0 Å². The van der Waals surface area contributed by atoms with Gasteiger partial charge in [-0.05, 0) is 63.4 Å². The molecule has 28 heavy (non-hydrogen) atoms. The Bertz CT molecular complexity index is 750. The van der Waals surface area contributed by atoms with Gasteiger partial charge in [-0.3, -0.25) is 4.79 Å². The molecule has 152 valence electrons. The first-order chi connectivity index (χ1) is 13.4. The summed E-state index contributed by atoms with van der Waals surface area (Å²) >= 11 is 1.53. The fraction of sp³-hybridized carbons (Fsp3) is 0.435. The second-order valence-corrected chi connectivity index (χ2v) is 8.77. The van der Waals surface area contributed by atoms with Crippen LogP contribution in [0.25, 0.3) is 0 Å². The van der Waals surface area contributed by atoms with Gasteiger partial charge in [0, 0.05) is 28.0 Å². The van der Waals surface area contributed by atoms with Crippen molar-refractivity contribution in [2.45, 2.75) is 57.2 Å². The predicted octanol–water partition coefficient (Wildman–Crippen LogP) is 6.32. The van der Waals surface area contributed by atoms with E-state index >= 15 is 0 Å². The number of carbonyl (C=O) groups excluding carboxylic acids is 1. The van der Waals surface area contributed by atoms with E-state index in [2.05, 4.69) is 49.6 Å². The molecule has 4 nitrogen and oxygen atoms in total. The number of anilines is 3. The van der Waals surface area contributed by atoms with E-state index in [4.69, 9.17) is 4.74 Å². The lowest BCUT2D eigenvalue weighted by Crippen LogP contribution is -2.19.